The van der Waals surface area contributed by atoms with Gasteiger partial charge in [-0.3, -0.25) is 4.79 Å². The van der Waals surface area contributed by atoms with Gasteiger partial charge in [0.05, 0.1) is 0 Å². The summed E-state index contributed by atoms with van der Waals surface area (Å²) in [7, 11) is 1.66. The first-order chi connectivity index (χ1) is 8.08. The van der Waals surface area contributed by atoms with Crippen LogP contribution in [0.15, 0.2) is 40.8 Å². The molecule has 5 heteroatoms. The van der Waals surface area contributed by atoms with Crippen LogP contribution in [0.2, 0.25) is 5.22 Å². The number of anilines is 2. The Morgan fingerprint density at radius 1 is 1.24 bits per heavy atom. The van der Waals surface area contributed by atoms with E-state index in [-0.39, 0.29) is 16.9 Å². The number of nitrogen functional groups attached to an aromatic ring is 1. The van der Waals surface area contributed by atoms with E-state index >= 15 is 0 Å². The number of nitrogens with zero attached hydrogens (tertiary/aromatic N) is 1. The minimum Gasteiger partial charge on any atom is -0.440 e. The fraction of sp³-hybridized carbons (Fsp3) is 0.0833. The fourth-order valence-electron chi connectivity index (χ4n) is 1.41. The normalized spacial score (nSPS) is 10.2. The van der Waals surface area contributed by atoms with Gasteiger partial charge in [-0.1, -0.05) is 0 Å². The number of carbonyl (C=O) groups is 1. The maximum atomic E-state index is 12.0. The number of rotatable bonds is 2. The Hall–Kier alpha value is -1.94. The first-order valence-corrected chi connectivity index (χ1v) is 5.34. The largest absolute Gasteiger partial charge is 0.440 e. The molecule has 4 nitrogen and oxygen atoms in total. The monoisotopic (exact) mass is 250 g/mol. The second-order valence-electron chi connectivity index (χ2n) is 3.56. The summed E-state index contributed by atoms with van der Waals surface area (Å²) in [6.07, 6.45) is 0. The summed E-state index contributed by atoms with van der Waals surface area (Å²) in [5.41, 5.74) is 6.96. The lowest BCUT2D eigenvalue weighted by molar-refractivity contribution is 0.0966. The van der Waals surface area contributed by atoms with E-state index in [1.54, 1.807) is 37.4 Å². The van der Waals surface area contributed by atoms with Gasteiger partial charge < -0.3 is 15.1 Å². The van der Waals surface area contributed by atoms with Crippen molar-refractivity contribution in [2.45, 2.75) is 0 Å². The molecule has 0 saturated heterocycles. The van der Waals surface area contributed by atoms with Crippen LogP contribution in [0, 0.1) is 0 Å². The van der Waals surface area contributed by atoms with Crippen molar-refractivity contribution in [3.63, 3.8) is 0 Å². The molecule has 0 radical (unpaired) electrons. The summed E-state index contributed by atoms with van der Waals surface area (Å²) in [5.74, 6) is -0.0593. The van der Waals surface area contributed by atoms with Crippen molar-refractivity contribution in [2.75, 3.05) is 17.7 Å². The molecule has 0 atom stereocenters. The lowest BCUT2D eigenvalue weighted by Crippen LogP contribution is -2.25. The minimum atomic E-state index is -0.262. The molecule has 2 aromatic rings. The highest BCUT2D eigenvalue weighted by atomic mass is 35.5. The molecule has 2 rings (SSSR count). The van der Waals surface area contributed by atoms with Gasteiger partial charge in [0.25, 0.3) is 5.91 Å². The molecule has 1 amide bonds. The topological polar surface area (TPSA) is 59.5 Å². The number of carbonyl (C=O) groups excluding carboxylic acids is 1. The van der Waals surface area contributed by atoms with E-state index in [0.717, 1.165) is 5.69 Å². The maximum absolute atomic E-state index is 12.0. The van der Waals surface area contributed by atoms with E-state index in [2.05, 4.69) is 0 Å². The summed E-state index contributed by atoms with van der Waals surface area (Å²) in [4.78, 5) is 13.5. The summed E-state index contributed by atoms with van der Waals surface area (Å²) in [6.45, 7) is 0. The van der Waals surface area contributed by atoms with Crippen molar-refractivity contribution in [3.05, 3.63) is 47.4 Å². The van der Waals surface area contributed by atoms with Gasteiger partial charge in [0, 0.05) is 18.4 Å². The van der Waals surface area contributed by atoms with Crippen molar-refractivity contribution in [1.82, 2.24) is 0 Å². The molecule has 88 valence electrons. The summed E-state index contributed by atoms with van der Waals surface area (Å²) in [5, 5.41) is 0.194. The second-order valence-corrected chi connectivity index (χ2v) is 3.93. The molecule has 17 heavy (non-hydrogen) atoms. The first-order valence-electron chi connectivity index (χ1n) is 4.97. The molecule has 1 heterocycles. The minimum absolute atomic E-state index is 0.194. The Morgan fingerprint density at radius 2 is 1.88 bits per heavy atom. The highest BCUT2D eigenvalue weighted by Crippen LogP contribution is 2.19. The number of benzene rings is 1. The van der Waals surface area contributed by atoms with Crippen LogP contribution >= 0.6 is 11.6 Å². The van der Waals surface area contributed by atoms with Crippen molar-refractivity contribution in [2.24, 2.45) is 0 Å². The number of amides is 1. The van der Waals surface area contributed by atoms with E-state index < -0.39 is 0 Å². The molecule has 0 aliphatic carbocycles. The van der Waals surface area contributed by atoms with E-state index in [1.807, 2.05) is 0 Å². The summed E-state index contributed by atoms with van der Waals surface area (Å²) < 4.78 is 5.06. The Bertz CT molecular complexity index is 534. The lowest BCUT2D eigenvalue weighted by Gasteiger charge is -2.15. The fourth-order valence-corrected chi connectivity index (χ4v) is 1.56. The molecular weight excluding hydrogens is 240 g/mol. The number of furan rings is 1. The molecule has 0 fully saturated rings. The summed E-state index contributed by atoms with van der Waals surface area (Å²) in [6, 6.07) is 10.1. The van der Waals surface area contributed by atoms with Crippen LogP contribution < -0.4 is 10.6 Å². The third kappa shape index (κ3) is 2.42. The van der Waals surface area contributed by atoms with Gasteiger partial charge in [-0.25, -0.2) is 0 Å². The predicted octanol–water partition coefficient (Wildman–Crippen LogP) is 2.79. The zero-order chi connectivity index (χ0) is 12.4. The van der Waals surface area contributed by atoms with Gasteiger partial charge in [-0.15, -0.1) is 0 Å². The number of hydrogen-bond donors (Lipinski definition) is 1. The Morgan fingerprint density at radius 3 is 2.41 bits per heavy atom. The quantitative estimate of drug-likeness (QED) is 0.834. The van der Waals surface area contributed by atoms with E-state index in [1.165, 1.54) is 11.0 Å². The Labute approximate surface area is 104 Å². The molecule has 0 aliphatic heterocycles. The van der Waals surface area contributed by atoms with Crippen LogP contribution in [0.25, 0.3) is 0 Å². The Kier molecular flexibility index (Phi) is 3.06. The van der Waals surface area contributed by atoms with E-state index in [4.69, 9.17) is 21.8 Å². The zero-order valence-corrected chi connectivity index (χ0v) is 9.94. The molecule has 0 spiro atoms. The molecule has 0 aliphatic rings. The Balaban J connectivity index is 2.23. The number of nitrogens with two attached hydrogens (primary N) is 1. The highest BCUT2D eigenvalue weighted by Gasteiger charge is 2.16. The van der Waals surface area contributed by atoms with Crippen molar-refractivity contribution in [1.29, 1.82) is 0 Å². The molecule has 1 aromatic carbocycles. The van der Waals surface area contributed by atoms with Gasteiger partial charge in [-0.2, -0.15) is 0 Å². The third-order valence-corrected chi connectivity index (χ3v) is 2.57. The van der Waals surface area contributed by atoms with Gasteiger partial charge >= 0.3 is 0 Å². The van der Waals surface area contributed by atoms with Gasteiger partial charge in [0.15, 0.2) is 11.0 Å². The number of halogens is 1. The van der Waals surface area contributed by atoms with Gasteiger partial charge in [-0.05, 0) is 48.0 Å². The summed E-state index contributed by atoms with van der Waals surface area (Å²) >= 11 is 5.62. The van der Waals surface area contributed by atoms with Crippen molar-refractivity contribution >= 4 is 28.9 Å². The zero-order valence-electron chi connectivity index (χ0n) is 9.18. The first kappa shape index (κ1) is 11.5. The second kappa shape index (κ2) is 4.51. The average molecular weight is 251 g/mol. The third-order valence-electron chi connectivity index (χ3n) is 2.37. The average Bonchev–Trinajstić information content (AvgIpc) is 2.75. The standard InChI is InChI=1S/C12H11ClN2O2/c1-15(9-4-2-8(14)3-5-9)12(16)10-6-7-11(13)17-10/h2-7H,14H2,1H3. The highest BCUT2D eigenvalue weighted by molar-refractivity contribution is 6.29. The molecule has 0 saturated carbocycles. The van der Waals surface area contributed by atoms with Crippen molar-refractivity contribution in [3.8, 4) is 0 Å². The van der Waals surface area contributed by atoms with Crippen LogP contribution in [-0.2, 0) is 0 Å². The molecule has 2 N–H and O–H groups in total. The predicted molar refractivity (Wildman–Crippen MR) is 67.3 cm³/mol. The maximum Gasteiger partial charge on any atom is 0.293 e. The molecular formula is C12H11ClN2O2. The lowest BCUT2D eigenvalue weighted by atomic mass is 10.2. The smallest absolute Gasteiger partial charge is 0.293 e. The SMILES string of the molecule is CN(C(=O)c1ccc(Cl)o1)c1ccc(N)cc1. The van der Waals surface area contributed by atoms with Gasteiger partial charge in [0.2, 0.25) is 0 Å². The number of hydrogen-bond acceptors (Lipinski definition) is 3. The molecule has 1 aromatic heterocycles. The van der Waals surface area contributed by atoms with Crippen LogP contribution in [0.4, 0.5) is 11.4 Å². The van der Waals surface area contributed by atoms with Crippen LogP contribution in [-0.4, -0.2) is 13.0 Å². The van der Waals surface area contributed by atoms with E-state index in [0.29, 0.717) is 5.69 Å². The van der Waals surface area contributed by atoms with Crippen LogP contribution in [0.5, 0.6) is 0 Å². The van der Waals surface area contributed by atoms with Crippen LogP contribution in [0.3, 0.4) is 0 Å². The van der Waals surface area contributed by atoms with Crippen LogP contribution in [0.1, 0.15) is 10.6 Å². The van der Waals surface area contributed by atoms with Crippen molar-refractivity contribution < 1.29 is 9.21 Å². The molecule has 0 bridgehead atoms. The molecule has 0 unspecified atom stereocenters. The van der Waals surface area contributed by atoms with Gasteiger partial charge in [0.1, 0.15) is 0 Å². The van der Waals surface area contributed by atoms with E-state index in [9.17, 15) is 4.79 Å².